The highest BCUT2D eigenvalue weighted by atomic mass is 79.9. The maximum absolute atomic E-state index is 12.1. The lowest BCUT2D eigenvalue weighted by molar-refractivity contribution is -0.431. The number of aromatic nitrogens is 4. The lowest BCUT2D eigenvalue weighted by Crippen LogP contribution is -2.45. The molecule has 2 aromatic rings. The first-order valence-corrected chi connectivity index (χ1v) is 12.6. The molecule has 0 saturated heterocycles. The van der Waals surface area contributed by atoms with E-state index in [0.29, 0.717) is 30.5 Å². The number of anilines is 2. The van der Waals surface area contributed by atoms with Crippen LogP contribution in [-0.2, 0) is 15.7 Å². The molecule has 3 heterocycles. The van der Waals surface area contributed by atoms with Crippen LogP contribution in [0, 0.1) is 10.1 Å². The summed E-state index contributed by atoms with van der Waals surface area (Å²) in [5.41, 5.74) is 7.38. The van der Waals surface area contributed by atoms with Crippen LogP contribution in [-0.4, -0.2) is 82.5 Å². The monoisotopic (exact) mass is 573 g/mol. The number of hydrogen-bond donors (Lipinski definition) is 1. The zero-order valence-electron chi connectivity index (χ0n) is 21.9. The summed E-state index contributed by atoms with van der Waals surface area (Å²) in [6, 6.07) is 3.84. The van der Waals surface area contributed by atoms with E-state index in [9.17, 15) is 10.1 Å². The molecule has 1 aliphatic heterocycles. The minimum Gasteiger partial charge on any atom is -0.499 e. The van der Waals surface area contributed by atoms with Gasteiger partial charge in [0, 0.05) is 38.2 Å². The predicted molar refractivity (Wildman–Crippen MR) is 143 cm³/mol. The van der Waals surface area contributed by atoms with Gasteiger partial charge in [0.05, 0.1) is 29.8 Å². The summed E-state index contributed by atoms with van der Waals surface area (Å²) < 4.78 is 6.43. The van der Waals surface area contributed by atoms with Crippen molar-refractivity contribution in [3.05, 3.63) is 67.9 Å². The van der Waals surface area contributed by atoms with Crippen molar-refractivity contribution >= 4 is 27.6 Å². The van der Waals surface area contributed by atoms with E-state index in [1.807, 2.05) is 48.0 Å². The molecule has 0 spiro atoms. The summed E-state index contributed by atoms with van der Waals surface area (Å²) in [4.78, 5) is 35.7. The molecule has 2 aliphatic rings. The molecule has 0 fully saturated rings. The Kier molecular flexibility index (Phi) is 7.23. The average molecular weight is 574 g/mol. The highest BCUT2D eigenvalue weighted by Crippen LogP contribution is 2.43. The lowest BCUT2D eigenvalue weighted by Gasteiger charge is -2.34. The Labute approximate surface area is 224 Å². The number of halogens is 1. The Morgan fingerprint density at radius 1 is 1.22 bits per heavy atom. The fraction of sp³-hybridized carbons (Fsp3) is 0.500. The van der Waals surface area contributed by atoms with Crippen molar-refractivity contribution in [2.45, 2.75) is 31.2 Å². The number of allylic oxidation sites excluding steroid dienone is 1. The SMILES string of the molecule is COC1=CC(N(C)CCN(C)C)=C([N+](=O)[O-])CC1(N)c1ncnc(N2CC(C)(C)c3nc(Br)ccc32)n1. The van der Waals surface area contributed by atoms with Crippen LogP contribution in [0.3, 0.4) is 0 Å². The molecule has 1 aliphatic carbocycles. The van der Waals surface area contributed by atoms with Crippen molar-refractivity contribution in [2.75, 3.05) is 52.8 Å². The van der Waals surface area contributed by atoms with Crippen molar-refractivity contribution in [3.8, 4) is 0 Å². The second-order valence-electron chi connectivity index (χ2n) is 10.3. The number of pyridine rings is 1. The number of ether oxygens (including phenoxy) is 1. The molecule has 1 unspecified atom stereocenters. The van der Waals surface area contributed by atoms with E-state index >= 15 is 0 Å². The quantitative estimate of drug-likeness (QED) is 0.283. The fourth-order valence-electron chi connectivity index (χ4n) is 4.68. The van der Waals surface area contributed by atoms with Gasteiger partial charge in [-0.05, 0) is 42.2 Å². The molecule has 1 atom stereocenters. The number of rotatable bonds is 8. The van der Waals surface area contributed by atoms with E-state index in [2.05, 4.69) is 44.7 Å². The van der Waals surface area contributed by atoms with Crippen LogP contribution in [0.1, 0.15) is 31.8 Å². The summed E-state index contributed by atoms with van der Waals surface area (Å²) in [6.07, 6.45) is 2.86. The van der Waals surface area contributed by atoms with Gasteiger partial charge in [-0.15, -0.1) is 0 Å². The molecular weight excluding hydrogens is 542 g/mol. The average Bonchev–Trinajstić information content (AvgIpc) is 3.12. The Hall–Kier alpha value is -3.16. The summed E-state index contributed by atoms with van der Waals surface area (Å²) >= 11 is 3.45. The van der Waals surface area contributed by atoms with E-state index in [0.717, 1.165) is 22.5 Å². The maximum Gasteiger partial charge on any atom is 0.272 e. The van der Waals surface area contributed by atoms with Crippen molar-refractivity contribution in [2.24, 2.45) is 5.73 Å². The summed E-state index contributed by atoms with van der Waals surface area (Å²) in [7, 11) is 7.21. The van der Waals surface area contributed by atoms with Crippen LogP contribution >= 0.6 is 15.9 Å². The van der Waals surface area contributed by atoms with E-state index in [1.54, 1.807) is 6.08 Å². The Morgan fingerprint density at radius 2 is 1.95 bits per heavy atom. The van der Waals surface area contributed by atoms with Gasteiger partial charge in [-0.2, -0.15) is 4.98 Å². The first-order chi connectivity index (χ1) is 17.4. The third kappa shape index (κ3) is 5.03. The van der Waals surface area contributed by atoms with Crippen molar-refractivity contribution < 1.29 is 9.66 Å². The highest BCUT2D eigenvalue weighted by molar-refractivity contribution is 9.10. The van der Waals surface area contributed by atoms with Gasteiger partial charge < -0.3 is 25.2 Å². The second kappa shape index (κ2) is 9.95. The standard InChI is InChI=1S/C24H32BrN9O3/c1-23(2)13-33(15-7-8-19(25)29-20(15)23)22-28-14-27-21(30-22)24(26)12-17(34(35)36)16(11-18(24)37-6)32(5)10-9-31(3)4/h7-8,11,14H,9-10,12-13,26H2,1-6H3. The molecule has 0 radical (unpaired) electrons. The molecule has 13 heteroatoms. The summed E-state index contributed by atoms with van der Waals surface area (Å²) in [6.45, 7) is 6.13. The van der Waals surface area contributed by atoms with E-state index in [-0.39, 0.29) is 23.4 Å². The number of nitrogens with two attached hydrogens (primary N) is 1. The Balaban J connectivity index is 1.74. The van der Waals surface area contributed by atoms with Gasteiger partial charge in [-0.1, -0.05) is 13.8 Å². The van der Waals surface area contributed by atoms with Crippen molar-refractivity contribution in [1.82, 2.24) is 29.7 Å². The zero-order valence-corrected chi connectivity index (χ0v) is 23.5. The fourth-order valence-corrected chi connectivity index (χ4v) is 4.99. The largest absolute Gasteiger partial charge is 0.499 e. The minimum absolute atomic E-state index is 0.0202. The number of likely N-dealkylation sites (N-methyl/N-ethyl adjacent to an activating group) is 2. The normalized spacial score (nSPS) is 20.7. The molecule has 0 amide bonds. The summed E-state index contributed by atoms with van der Waals surface area (Å²) in [5, 5.41) is 12.1. The Bertz CT molecular complexity index is 1280. The number of hydrogen-bond acceptors (Lipinski definition) is 11. The molecule has 12 nitrogen and oxygen atoms in total. The zero-order chi connectivity index (χ0) is 27.1. The van der Waals surface area contributed by atoms with E-state index in [4.69, 9.17) is 15.5 Å². The molecule has 2 aromatic heterocycles. The van der Waals surface area contributed by atoms with Gasteiger partial charge >= 0.3 is 0 Å². The van der Waals surface area contributed by atoms with E-state index < -0.39 is 10.5 Å². The van der Waals surface area contributed by atoms with Crippen LogP contribution in [0.5, 0.6) is 0 Å². The molecular formula is C24H32BrN9O3. The Morgan fingerprint density at radius 3 is 2.59 bits per heavy atom. The number of nitrogens with zero attached hydrogens (tertiary/aromatic N) is 8. The third-order valence-electron chi connectivity index (χ3n) is 6.71. The first-order valence-electron chi connectivity index (χ1n) is 11.8. The molecule has 198 valence electrons. The van der Waals surface area contributed by atoms with Crippen LogP contribution in [0.25, 0.3) is 0 Å². The third-order valence-corrected chi connectivity index (χ3v) is 7.15. The van der Waals surface area contributed by atoms with Gasteiger partial charge in [-0.3, -0.25) is 10.1 Å². The van der Waals surface area contributed by atoms with Crippen LogP contribution in [0.2, 0.25) is 0 Å². The lowest BCUT2D eigenvalue weighted by atomic mass is 9.85. The summed E-state index contributed by atoms with van der Waals surface area (Å²) in [5.74, 6) is 0.924. The van der Waals surface area contributed by atoms with Gasteiger partial charge in [0.15, 0.2) is 5.82 Å². The molecule has 2 N–H and O–H groups in total. The molecule has 0 bridgehead atoms. The van der Waals surface area contributed by atoms with Crippen LogP contribution < -0.4 is 10.6 Å². The van der Waals surface area contributed by atoms with Gasteiger partial charge in [-0.25, -0.2) is 15.0 Å². The smallest absolute Gasteiger partial charge is 0.272 e. The highest BCUT2D eigenvalue weighted by Gasteiger charge is 2.46. The van der Waals surface area contributed by atoms with Gasteiger partial charge in [0.2, 0.25) is 5.95 Å². The first kappa shape index (κ1) is 26.9. The van der Waals surface area contributed by atoms with Crippen LogP contribution in [0.15, 0.2) is 46.3 Å². The topological polar surface area (TPSA) is 140 Å². The second-order valence-corrected chi connectivity index (χ2v) is 11.1. The minimum atomic E-state index is -1.45. The molecule has 0 aromatic carbocycles. The van der Waals surface area contributed by atoms with E-state index in [1.165, 1.54) is 13.4 Å². The van der Waals surface area contributed by atoms with Gasteiger partial charge in [0.1, 0.15) is 27.9 Å². The van der Waals surface area contributed by atoms with Gasteiger partial charge in [0.25, 0.3) is 5.70 Å². The number of nitro groups is 1. The molecule has 37 heavy (non-hydrogen) atoms. The van der Waals surface area contributed by atoms with Crippen LogP contribution in [0.4, 0.5) is 11.6 Å². The van der Waals surface area contributed by atoms with Crippen molar-refractivity contribution in [3.63, 3.8) is 0 Å². The van der Waals surface area contributed by atoms with Crippen molar-refractivity contribution in [1.29, 1.82) is 0 Å². The number of methoxy groups -OCH3 is 1. The number of fused-ring (bicyclic) bond motifs is 1. The maximum atomic E-state index is 12.1. The predicted octanol–water partition coefficient (Wildman–Crippen LogP) is 2.53. The molecule has 4 rings (SSSR count). The molecule has 0 saturated carbocycles.